The van der Waals surface area contributed by atoms with Gasteiger partial charge < -0.3 is 16.2 Å². The van der Waals surface area contributed by atoms with Gasteiger partial charge in [0.15, 0.2) is 0 Å². The van der Waals surface area contributed by atoms with Crippen molar-refractivity contribution >= 4 is 46.2 Å². The van der Waals surface area contributed by atoms with Gasteiger partial charge in [-0.05, 0) is 30.3 Å². The van der Waals surface area contributed by atoms with E-state index in [9.17, 15) is 9.59 Å². The van der Waals surface area contributed by atoms with E-state index in [2.05, 4.69) is 5.32 Å². The summed E-state index contributed by atoms with van der Waals surface area (Å²) in [6.07, 6.45) is 0. The number of carboxylic acids is 1. The van der Waals surface area contributed by atoms with Crippen LogP contribution < -0.4 is 11.1 Å². The average molecular weight is 297 g/mol. The van der Waals surface area contributed by atoms with Crippen molar-refractivity contribution in [2.45, 2.75) is 0 Å². The van der Waals surface area contributed by atoms with E-state index in [1.807, 2.05) is 0 Å². The Labute approximate surface area is 117 Å². The van der Waals surface area contributed by atoms with Gasteiger partial charge in [-0.15, -0.1) is 11.3 Å². The van der Waals surface area contributed by atoms with Crippen molar-refractivity contribution < 1.29 is 14.7 Å². The third-order valence-electron chi connectivity index (χ3n) is 2.34. The van der Waals surface area contributed by atoms with Gasteiger partial charge in [0.1, 0.15) is 0 Å². The number of carbonyl (C=O) groups excluding carboxylic acids is 1. The maximum Gasteiger partial charge on any atom is 0.335 e. The van der Waals surface area contributed by atoms with Gasteiger partial charge >= 0.3 is 5.97 Å². The summed E-state index contributed by atoms with van der Waals surface area (Å²) >= 11 is 6.89. The van der Waals surface area contributed by atoms with Crippen LogP contribution in [0.3, 0.4) is 0 Å². The van der Waals surface area contributed by atoms with Crippen LogP contribution in [0.15, 0.2) is 30.3 Å². The molecule has 4 N–H and O–H groups in total. The lowest BCUT2D eigenvalue weighted by atomic mass is 10.1. The number of halogens is 1. The quantitative estimate of drug-likeness (QED) is 0.759. The molecule has 5 nitrogen and oxygen atoms in total. The minimum absolute atomic E-state index is 0.0645. The lowest BCUT2D eigenvalue weighted by Crippen LogP contribution is -2.12. The lowest BCUT2D eigenvalue weighted by Gasteiger charge is -2.07. The minimum Gasteiger partial charge on any atom is -0.478 e. The molecule has 19 heavy (non-hydrogen) atoms. The Morgan fingerprint density at radius 2 is 2.00 bits per heavy atom. The second kappa shape index (κ2) is 5.29. The summed E-state index contributed by atoms with van der Waals surface area (Å²) in [6.45, 7) is 0. The van der Waals surface area contributed by atoms with Crippen molar-refractivity contribution in [3.8, 4) is 0 Å². The zero-order valence-corrected chi connectivity index (χ0v) is 11.1. The van der Waals surface area contributed by atoms with Gasteiger partial charge in [-0.3, -0.25) is 4.79 Å². The highest BCUT2D eigenvalue weighted by molar-refractivity contribution is 7.18. The topological polar surface area (TPSA) is 92.4 Å². The van der Waals surface area contributed by atoms with Gasteiger partial charge in [0.2, 0.25) is 0 Å². The third kappa shape index (κ3) is 3.04. The molecule has 1 aromatic carbocycles. The number of nitrogens with one attached hydrogen (secondary N) is 1. The summed E-state index contributed by atoms with van der Waals surface area (Å²) in [6, 6.07) is 7.34. The van der Waals surface area contributed by atoms with Crippen LogP contribution in [-0.4, -0.2) is 17.0 Å². The molecular weight excluding hydrogens is 288 g/mol. The van der Waals surface area contributed by atoms with E-state index in [0.717, 1.165) is 11.3 Å². The second-order valence-corrected chi connectivity index (χ2v) is 5.38. The number of carboxylic acid groups (broad SMARTS) is 1. The first-order chi connectivity index (χ1) is 8.97. The molecule has 0 bridgehead atoms. The first kappa shape index (κ1) is 13.4. The van der Waals surface area contributed by atoms with E-state index in [4.69, 9.17) is 22.4 Å². The molecule has 0 saturated heterocycles. The number of thiophene rings is 1. The summed E-state index contributed by atoms with van der Waals surface area (Å²) in [4.78, 5) is 23.1. The Bertz CT molecular complexity index is 654. The fourth-order valence-electron chi connectivity index (χ4n) is 1.43. The van der Waals surface area contributed by atoms with Gasteiger partial charge in [0.05, 0.1) is 26.2 Å². The number of anilines is 2. The molecule has 0 atom stereocenters. The van der Waals surface area contributed by atoms with E-state index < -0.39 is 5.97 Å². The van der Waals surface area contributed by atoms with Gasteiger partial charge in [-0.1, -0.05) is 11.6 Å². The summed E-state index contributed by atoms with van der Waals surface area (Å²) in [5.74, 6) is -1.42. The number of aromatic carboxylic acids is 1. The largest absolute Gasteiger partial charge is 0.478 e. The molecule has 0 saturated carbocycles. The number of benzene rings is 1. The molecule has 0 fully saturated rings. The number of nitrogens with two attached hydrogens (primary N) is 1. The Morgan fingerprint density at radius 1 is 1.26 bits per heavy atom. The Hall–Kier alpha value is -2.05. The summed E-state index contributed by atoms with van der Waals surface area (Å²) in [5.41, 5.74) is 6.31. The highest BCUT2D eigenvalue weighted by atomic mass is 35.5. The zero-order chi connectivity index (χ0) is 14.0. The van der Waals surface area contributed by atoms with Crippen LogP contribution in [0.2, 0.25) is 4.34 Å². The van der Waals surface area contributed by atoms with Gasteiger partial charge in [0.25, 0.3) is 5.91 Å². The number of rotatable bonds is 3. The molecule has 0 radical (unpaired) electrons. The first-order valence-corrected chi connectivity index (χ1v) is 6.36. The molecule has 1 aromatic heterocycles. The van der Waals surface area contributed by atoms with Crippen molar-refractivity contribution in [3.63, 3.8) is 0 Å². The normalized spacial score (nSPS) is 10.2. The van der Waals surface area contributed by atoms with Gasteiger partial charge in [-0.25, -0.2) is 4.79 Å². The molecule has 7 heteroatoms. The number of nitrogen functional groups attached to an aromatic ring is 1. The Balaban J connectivity index is 2.20. The average Bonchev–Trinajstić information content (AvgIpc) is 2.78. The fourth-order valence-corrected chi connectivity index (χ4v) is 2.37. The van der Waals surface area contributed by atoms with Crippen molar-refractivity contribution in [1.82, 2.24) is 0 Å². The van der Waals surface area contributed by atoms with E-state index >= 15 is 0 Å². The minimum atomic E-state index is -1.07. The molecule has 2 rings (SSSR count). The highest BCUT2D eigenvalue weighted by Gasteiger charge is 2.12. The highest BCUT2D eigenvalue weighted by Crippen LogP contribution is 2.24. The van der Waals surface area contributed by atoms with E-state index in [0.29, 0.717) is 14.9 Å². The van der Waals surface area contributed by atoms with Crippen molar-refractivity contribution in [2.24, 2.45) is 0 Å². The van der Waals surface area contributed by atoms with Crippen molar-refractivity contribution in [2.75, 3.05) is 11.1 Å². The lowest BCUT2D eigenvalue weighted by molar-refractivity contribution is 0.0697. The Morgan fingerprint density at radius 3 is 2.53 bits per heavy atom. The SMILES string of the molecule is Nc1cc(C(=O)O)ccc1NC(=O)c1ccc(Cl)s1. The number of carbonyl (C=O) groups is 2. The Kier molecular flexibility index (Phi) is 3.73. The van der Waals surface area contributed by atoms with E-state index in [1.54, 1.807) is 12.1 Å². The van der Waals surface area contributed by atoms with Crippen molar-refractivity contribution in [1.29, 1.82) is 0 Å². The number of hydrogen-bond acceptors (Lipinski definition) is 4. The maximum atomic E-state index is 11.9. The maximum absolute atomic E-state index is 11.9. The molecule has 2 aromatic rings. The summed E-state index contributed by atoms with van der Waals surface area (Å²) in [5, 5.41) is 11.4. The van der Waals surface area contributed by atoms with Crippen LogP contribution in [0.1, 0.15) is 20.0 Å². The van der Waals surface area contributed by atoms with Gasteiger partial charge in [0, 0.05) is 0 Å². The molecule has 0 spiro atoms. The third-order valence-corrected chi connectivity index (χ3v) is 3.57. The summed E-state index contributed by atoms with van der Waals surface area (Å²) < 4.78 is 0.513. The van der Waals surface area contributed by atoms with Crippen molar-refractivity contribution in [3.05, 3.63) is 45.1 Å². The molecule has 98 valence electrons. The number of amides is 1. The van der Waals surface area contributed by atoms with Crippen LogP contribution in [0.25, 0.3) is 0 Å². The van der Waals surface area contributed by atoms with Crippen LogP contribution >= 0.6 is 22.9 Å². The molecule has 0 aliphatic carbocycles. The fraction of sp³-hybridized carbons (Fsp3) is 0. The van der Waals surface area contributed by atoms with E-state index in [-0.39, 0.29) is 17.2 Å². The predicted molar refractivity (Wildman–Crippen MR) is 75.1 cm³/mol. The van der Waals surface area contributed by atoms with Crippen LogP contribution in [0.5, 0.6) is 0 Å². The van der Waals surface area contributed by atoms with E-state index in [1.165, 1.54) is 18.2 Å². The molecule has 1 amide bonds. The van der Waals surface area contributed by atoms with Gasteiger partial charge in [-0.2, -0.15) is 0 Å². The molecule has 0 aliphatic heterocycles. The number of hydrogen-bond donors (Lipinski definition) is 3. The van der Waals surface area contributed by atoms with Crippen LogP contribution in [0.4, 0.5) is 11.4 Å². The predicted octanol–water partition coefficient (Wildman–Crippen LogP) is 2.93. The summed E-state index contributed by atoms with van der Waals surface area (Å²) in [7, 11) is 0. The van der Waals surface area contributed by atoms with Crippen LogP contribution in [0, 0.1) is 0 Å². The first-order valence-electron chi connectivity index (χ1n) is 5.17. The molecule has 0 aliphatic rings. The smallest absolute Gasteiger partial charge is 0.335 e. The monoisotopic (exact) mass is 296 g/mol. The standard InChI is InChI=1S/C12H9ClN2O3S/c13-10-4-3-9(19-10)11(16)15-8-2-1-6(12(17)18)5-7(8)14/h1-5H,14H2,(H,15,16)(H,17,18). The van der Waals surface area contributed by atoms with Crippen LogP contribution in [-0.2, 0) is 0 Å². The second-order valence-electron chi connectivity index (χ2n) is 3.67. The molecular formula is C12H9ClN2O3S. The molecule has 0 unspecified atom stereocenters. The molecule has 1 heterocycles. The zero-order valence-electron chi connectivity index (χ0n) is 9.51.